The largest absolute Gasteiger partial charge is 0.478 e. The molecule has 1 heterocycles. The number of hydrogen-bond acceptors (Lipinski definition) is 5. The van der Waals surface area contributed by atoms with Gasteiger partial charge in [0, 0.05) is 22.9 Å². The second-order valence-corrected chi connectivity index (χ2v) is 4.54. The molecule has 1 aromatic rings. The van der Waals surface area contributed by atoms with Crippen LogP contribution in [0.3, 0.4) is 0 Å². The highest BCUT2D eigenvalue weighted by molar-refractivity contribution is 5.90. The van der Waals surface area contributed by atoms with Crippen molar-refractivity contribution in [2.75, 3.05) is 0 Å². The van der Waals surface area contributed by atoms with Gasteiger partial charge in [-0.2, -0.15) is 0 Å². The summed E-state index contributed by atoms with van der Waals surface area (Å²) in [7, 11) is 0. The molecule has 7 nitrogen and oxygen atoms in total. The number of hydrogen-bond donors (Lipinski definition) is 2. The van der Waals surface area contributed by atoms with E-state index in [1.165, 1.54) is 18.3 Å². The summed E-state index contributed by atoms with van der Waals surface area (Å²) in [6.07, 6.45) is 5.19. The molecule has 0 saturated carbocycles. The minimum Gasteiger partial charge on any atom is -0.478 e. The Morgan fingerprint density at radius 2 is 2.30 bits per heavy atom. The normalized spacial score (nSPS) is 25.1. The van der Waals surface area contributed by atoms with Crippen molar-refractivity contribution in [1.82, 2.24) is 4.98 Å². The Kier molecular flexibility index (Phi) is 3.62. The van der Waals surface area contributed by atoms with Crippen LogP contribution in [0.15, 0.2) is 48.2 Å². The van der Waals surface area contributed by atoms with Crippen molar-refractivity contribution >= 4 is 5.97 Å². The van der Waals surface area contributed by atoms with E-state index in [0.29, 0.717) is 5.69 Å². The van der Waals surface area contributed by atoms with Crippen LogP contribution < -0.4 is 5.73 Å². The molecule has 0 unspecified atom stereocenters. The molecule has 7 heteroatoms. The summed E-state index contributed by atoms with van der Waals surface area (Å²) < 4.78 is 0. The first-order valence-corrected chi connectivity index (χ1v) is 5.90. The lowest BCUT2D eigenvalue weighted by molar-refractivity contribution is -0.556. The Morgan fingerprint density at radius 3 is 2.85 bits per heavy atom. The third-order valence-corrected chi connectivity index (χ3v) is 3.24. The predicted molar refractivity (Wildman–Crippen MR) is 70.5 cm³/mol. The highest BCUT2D eigenvalue weighted by atomic mass is 16.6. The van der Waals surface area contributed by atoms with Crippen LogP contribution in [-0.4, -0.2) is 32.6 Å². The van der Waals surface area contributed by atoms with Crippen molar-refractivity contribution in [2.24, 2.45) is 5.73 Å². The summed E-state index contributed by atoms with van der Waals surface area (Å²) in [5.41, 5.74) is 4.48. The average Bonchev–Trinajstić information content (AvgIpc) is 2.42. The number of carboxylic acids is 1. The molecule has 1 aliphatic rings. The van der Waals surface area contributed by atoms with Crippen molar-refractivity contribution in [1.29, 1.82) is 0 Å². The van der Waals surface area contributed by atoms with Crippen LogP contribution >= 0.6 is 0 Å². The lowest BCUT2D eigenvalue weighted by atomic mass is 9.81. The van der Waals surface area contributed by atoms with Gasteiger partial charge in [0.05, 0.1) is 18.0 Å². The maximum Gasteiger partial charge on any atom is 0.335 e. The smallest absolute Gasteiger partial charge is 0.335 e. The van der Waals surface area contributed by atoms with E-state index in [2.05, 4.69) is 4.98 Å². The van der Waals surface area contributed by atoms with Gasteiger partial charge in [-0.05, 0) is 18.2 Å². The Labute approximate surface area is 114 Å². The molecule has 104 valence electrons. The molecule has 2 rings (SSSR count). The van der Waals surface area contributed by atoms with E-state index in [0.717, 1.165) is 6.08 Å². The van der Waals surface area contributed by atoms with Crippen molar-refractivity contribution in [3.05, 3.63) is 64.0 Å². The molecule has 0 radical (unpaired) electrons. The molecule has 0 spiro atoms. The second-order valence-electron chi connectivity index (χ2n) is 4.54. The first-order valence-electron chi connectivity index (χ1n) is 5.90. The van der Waals surface area contributed by atoms with E-state index in [-0.39, 0.29) is 12.0 Å². The van der Waals surface area contributed by atoms with Gasteiger partial charge in [-0.3, -0.25) is 15.1 Å². The topological polar surface area (TPSA) is 119 Å². The maximum absolute atomic E-state index is 11.5. The number of nitro groups is 1. The Bertz CT molecular complexity index is 597. The lowest BCUT2D eigenvalue weighted by Gasteiger charge is -2.28. The summed E-state index contributed by atoms with van der Waals surface area (Å²) in [4.78, 5) is 26.0. The maximum atomic E-state index is 11.5. The number of carbonyl (C=O) groups is 1. The molecule has 0 aromatic carbocycles. The summed E-state index contributed by atoms with van der Waals surface area (Å²) in [6.45, 7) is 0. The van der Waals surface area contributed by atoms with Gasteiger partial charge < -0.3 is 10.8 Å². The van der Waals surface area contributed by atoms with Gasteiger partial charge in [-0.25, -0.2) is 4.79 Å². The van der Waals surface area contributed by atoms with E-state index in [1.807, 2.05) is 0 Å². The highest BCUT2D eigenvalue weighted by Gasteiger charge is 2.48. The molecule has 3 N–H and O–H groups in total. The molecule has 1 aromatic heterocycles. The summed E-state index contributed by atoms with van der Waals surface area (Å²) in [5, 5.41) is 20.5. The van der Waals surface area contributed by atoms with Gasteiger partial charge in [-0.15, -0.1) is 0 Å². The molecule has 2 atom stereocenters. The molecule has 0 amide bonds. The predicted octanol–water partition coefficient (Wildman–Crippen LogP) is 0.548. The van der Waals surface area contributed by atoms with Crippen molar-refractivity contribution in [3.63, 3.8) is 0 Å². The van der Waals surface area contributed by atoms with E-state index < -0.39 is 22.5 Å². The molecular weight excluding hydrogens is 262 g/mol. The molecule has 0 aliphatic heterocycles. The molecule has 0 fully saturated rings. The number of rotatable bonds is 4. The van der Waals surface area contributed by atoms with Crippen LogP contribution in [0.1, 0.15) is 5.69 Å². The molecule has 0 bridgehead atoms. The lowest BCUT2D eigenvalue weighted by Crippen LogP contribution is -2.54. The van der Waals surface area contributed by atoms with Gasteiger partial charge in [0.2, 0.25) is 0 Å². The molecular formula is C13H13N3O4. The fourth-order valence-corrected chi connectivity index (χ4v) is 2.12. The van der Waals surface area contributed by atoms with Crippen molar-refractivity contribution in [3.8, 4) is 0 Å². The molecule has 1 aliphatic carbocycles. The third kappa shape index (κ3) is 2.43. The number of pyridine rings is 1. The standard InChI is InChI=1S/C13H13N3O4/c14-11-5-4-9(12(17)18)7-13(11,16(19)20)8-10-3-1-2-6-15-10/h1-7,11H,8,14H2,(H,17,18)/t11-,13-/m0/s1. The minimum absolute atomic E-state index is 0.0663. The monoisotopic (exact) mass is 275 g/mol. The minimum atomic E-state index is -1.70. The van der Waals surface area contributed by atoms with E-state index in [1.54, 1.807) is 18.2 Å². The summed E-state index contributed by atoms with van der Waals surface area (Å²) in [5.74, 6) is -1.22. The zero-order chi connectivity index (χ0) is 14.8. The first kappa shape index (κ1) is 13.9. The Hall–Kier alpha value is -2.54. The van der Waals surface area contributed by atoms with E-state index >= 15 is 0 Å². The number of nitrogens with zero attached hydrogens (tertiary/aromatic N) is 2. The van der Waals surface area contributed by atoms with Crippen LogP contribution in [0, 0.1) is 10.1 Å². The fourth-order valence-electron chi connectivity index (χ4n) is 2.12. The zero-order valence-electron chi connectivity index (χ0n) is 10.5. The van der Waals surface area contributed by atoms with Crippen LogP contribution in [0.4, 0.5) is 0 Å². The Morgan fingerprint density at radius 1 is 1.55 bits per heavy atom. The molecule has 20 heavy (non-hydrogen) atoms. The van der Waals surface area contributed by atoms with E-state index in [4.69, 9.17) is 10.8 Å². The average molecular weight is 275 g/mol. The van der Waals surface area contributed by atoms with Gasteiger partial charge >= 0.3 is 5.97 Å². The van der Waals surface area contributed by atoms with Crippen LogP contribution in [-0.2, 0) is 11.2 Å². The third-order valence-electron chi connectivity index (χ3n) is 3.24. The van der Waals surface area contributed by atoms with Gasteiger partial charge in [0.25, 0.3) is 5.54 Å². The van der Waals surface area contributed by atoms with Crippen molar-refractivity contribution < 1.29 is 14.8 Å². The van der Waals surface area contributed by atoms with Crippen LogP contribution in [0.2, 0.25) is 0 Å². The van der Waals surface area contributed by atoms with Crippen molar-refractivity contribution in [2.45, 2.75) is 18.0 Å². The second kappa shape index (κ2) is 5.22. The summed E-state index contributed by atoms with van der Waals surface area (Å²) >= 11 is 0. The van der Waals surface area contributed by atoms with Gasteiger partial charge in [-0.1, -0.05) is 12.1 Å². The van der Waals surface area contributed by atoms with Crippen LogP contribution in [0.5, 0.6) is 0 Å². The first-order chi connectivity index (χ1) is 9.45. The van der Waals surface area contributed by atoms with Gasteiger partial charge in [0.1, 0.15) is 0 Å². The number of nitrogens with two attached hydrogens (primary N) is 1. The number of aromatic nitrogens is 1. The summed E-state index contributed by atoms with van der Waals surface area (Å²) in [6, 6.07) is 4.14. The quantitative estimate of drug-likeness (QED) is 0.611. The Balaban J connectivity index is 2.46. The zero-order valence-corrected chi connectivity index (χ0v) is 10.5. The SMILES string of the molecule is N[C@H]1C=CC(C(=O)O)=C[C@@]1(Cc1ccccn1)[N+](=O)[O-]. The van der Waals surface area contributed by atoms with E-state index in [9.17, 15) is 14.9 Å². The van der Waals surface area contributed by atoms with Crippen LogP contribution in [0.25, 0.3) is 0 Å². The highest BCUT2D eigenvalue weighted by Crippen LogP contribution is 2.28. The molecule has 0 saturated heterocycles. The number of carboxylic acid groups (broad SMARTS) is 1. The fraction of sp³-hybridized carbons (Fsp3) is 0.231. The number of aliphatic carboxylic acids is 1. The van der Waals surface area contributed by atoms with Gasteiger partial charge in [0.15, 0.2) is 0 Å².